The van der Waals surface area contributed by atoms with E-state index in [2.05, 4.69) is 4.98 Å². The Bertz CT molecular complexity index is 645. The monoisotopic (exact) mass is 228 g/mol. The number of hydrogen-bond donors (Lipinski definition) is 1. The molecule has 1 N–H and O–H groups in total. The van der Waals surface area contributed by atoms with Crippen LogP contribution in [0.5, 0.6) is 0 Å². The molecule has 1 aromatic carbocycles. The van der Waals surface area contributed by atoms with Crippen molar-refractivity contribution in [3.05, 3.63) is 42.2 Å². The molecule has 4 heteroatoms. The highest BCUT2D eigenvalue weighted by molar-refractivity contribution is 5.97. The van der Waals surface area contributed by atoms with Gasteiger partial charge in [-0.3, -0.25) is 0 Å². The van der Waals surface area contributed by atoms with E-state index in [1.165, 1.54) is 0 Å². The molecule has 1 aromatic rings. The summed E-state index contributed by atoms with van der Waals surface area (Å²) in [4.78, 5) is 4.53. The number of pyridine rings is 1. The normalized spacial score (nSPS) is 11.4. The Kier molecular flexibility index (Phi) is 2.23. The van der Waals surface area contributed by atoms with Gasteiger partial charge in [-0.2, -0.15) is 4.73 Å². The topological polar surface area (TPSA) is 47.3 Å². The standard InChI is InChI=1S/C13H12N2O2/c1-17-8-12-13-10(6-7-15(12)16)9-4-2-3-5-11(9)14-13/h2-7,16H,8H2,1H3. The molecule has 0 unspecified atom stereocenters. The first-order valence-electron chi connectivity index (χ1n) is 5.38. The number of hydrogen-bond acceptors (Lipinski definition) is 3. The molecule has 0 fully saturated rings. The van der Waals surface area contributed by atoms with E-state index in [1.807, 2.05) is 30.3 Å². The molecule has 0 spiro atoms. The number of aromatic nitrogens is 2. The number of nitrogens with zero attached hydrogens (tertiary/aromatic N) is 2. The van der Waals surface area contributed by atoms with Crippen molar-refractivity contribution in [3.63, 3.8) is 0 Å². The predicted octanol–water partition coefficient (Wildman–Crippen LogP) is 2.52. The van der Waals surface area contributed by atoms with E-state index in [9.17, 15) is 5.21 Å². The van der Waals surface area contributed by atoms with Crippen molar-refractivity contribution in [2.45, 2.75) is 6.61 Å². The van der Waals surface area contributed by atoms with Gasteiger partial charge in [0.2, 0.25) is 0 Å². The van der Waals surface area contributed by atoms with E-state index < -0.39 is 0 Å². The third-order valence-corrected chi connectivity index (χ3v) is 2.89. The maximum Gasteiger partial charge on any atom is 0.109 e. The first-order chi connectivity index (χ1) is 8.31. The molecule has 4 nitrogen and oxygen atoms in total. The van der Waals surface area contributed by atoms with Crippen LogP contribution in [-0.4, -0.2) is 22.0 Å². The van der Waals surface area contributed by atoms with Crippen LogP contribution in [0.2, 0.25) is 0 Å². The Morgan fingerprint density at radius 2 is 2.12 bits per heavy atom. The van der Waals surface area contributed by atoms with Crippen LogP contribution in [0.15, 0.2) is 36.5 Å². The minimum absolute atomic E-state index is 0.331. The minimum atomic E-state index is 0.331. The van der Waals surface area contributed by atoms with E-state index in [-0.39, 0.29) is 0 Å². The second kappa shape index (κ2) is 3.75. The molecule has 0 saturated carbocycles. The van der Waals surface area contributed by atoms with Crippen LogP contribution in [-0.2, 0) is 11.3 Å². The fourth-order valence-corrected chi connectivity index (χ4v) is 2.11. The van der Waals surface area contributed by atoms with Crippen molar-refractivity contribution in [2.75, 3.05) is 7.11 Å². The Morgan fingerprint density at radius 1 is 1.29 bits per heavy atom. The van der Waals surface area contributed by atoms with Crippen molar-refractivity contribution in [3.8, 4) is 11.3 Å². The molecule has 0 atom stereocenters. The summed E-state index contributed by atoms with van der Waals surface area (Å²) in [5.74, 6) is 0. The molecule has 2 heterocycles. The van der Waals surface area contributed by atoms with E-state index in [0.29, 0.717) is 12.3 Å². The van der Waals surface area contributed by atoms with Gasteiger partial charge in [0.1, 0.15) is 5.69 Å². The quantitative estimate of drug-likeness (QED) is 0.685. The smallest absolute Gasteiger partial charge is 0.109 e. The summed E-state index contributed by atoms with van der Waals surface area (Å²) < 4.78 is 6.16. The van der Waals surface area contributed by atoms with Crippen LogP contribution in [0.1, 0.15) is 5.69 Å². The van der Waals surface area contributed by atoms with E-state index in [1.54, 1.807) is 13.3 Å². The number of benzene rings is 1. The van der Waals surface area contributed by atoms with Crippen LogP contribution in [0.4, 0.5) is 0 Å². The number of fused-ring (bicyclic) bond motifs is 3. The highest BCUT2D eigenvalue weighted by atomic mass is 16.5. The van der Waals surface area contributed by atoms with Crippen molar-refractivity contribution in [1.29, 1.82) is 0 Å². The van der Waals surface area contributed by atoms with Crippen molar-refractivity contribution in [1.82, 2.24) is 9.71 Å². The van der Waals surface area contributed by atoms with Gasteiger partial charge in [-0.25, -0.2) is 4.98 Å². The van der Waals surface area contributed by atoms with Crippen LogP contribution < -0.4 is 0 Å². The first kappa shape index (κ1) is 10.1. The summed E-state index contributed by atoms with van der Waals surface area (Å²) in [6, 6.07) is 9.80. The maximum atomic E-state index is 9.76. The third kappa shape index (κ3) is 1.45. The molecule has 86 valence electrons. The number of para-hydroxylation sites is 1. The average Bonchev–Trinajstić information content (AvgIpc) is 2.72. The van der Waals surface area contributed by atoms with Crippen LogP contribution >= 0.6 is 0 Å². The molecule has 0 amide bonds. The van der Waals surface area contributed by atoms with Gasteiger partial charge in [-0.15, -0.1) is 0 Å². The third-order valence-electron chi connectivity index (χ3n) is 2.89. The van der Waals surface area contributed by atoms with Gasteiger partial charge in [-0.05, 0) is 12.1 Å². The zero-order chi connectivity index (χ0) is 11.8. The van der Waals surface area contributed by atoms with Gasteiger partial charge in [0.05, 0.1) is 17.8 Å². The molecule has 0 radical (unpaired) electrons. The van der Waals surface area contributed by atoms with Gasteiger partial charge in [0.25, 0.3) is 0 Å². The molecule has 0 aromatic heterocycles. The van der Waals surface area contributed by atoms with Gasteiger partial charge in [0.15, 0.2) is 0 Å². The van der Waals surface area contributed by atoms with Gasteiger partial charge in [0, 0.05) is 24.3 Å². The van der Waals surface area contributed by atoms with E-state index >= 15 is 0 Å². The van der Waals surface area contributed by atoms with Crippen molar-refractivity contribution in [2.24, 2.45) is 0 Å². The zero-order valence-corrected chi connectivity index (χ0v) is 9.42. The molecule has 0 saturated heterocycles. The second-order valence-electron chi connectivity index (χ2n) is 3.93. The lowest BCUT2D eigenvalue weighted by molar-refractivity contribution is 0.126. The summed E-state index contributed by atoms with van der Waals surface area (Å²) >= 11 is 0. The Hall–Kier alpha value is -2.07. The largest absolute Gasteiger partial charge is 0.429 e. The number of methoxy groups -OCH3 is 1. The lowest BCUT2D eigenvalue weighted by atomic mass is 10.1. The van der Waals surface area contributed by atoms with Crippen LogP contribution in [0.25, 0.3) is 22.2 Å². The lowest BCUT2D eigenvalue weighted by Crippen LogP contribution is -2.06. The molecule has 2 aliphatic rings. The van der Waals surface area contributed by atoms with Gasteiger partial charge < -0.3 is 9.94 Å². The molecular formula is C13H12N2O2. The number of rotatable bonds is 2. The average molecular weight is 228 g/mol. The molecule has 17 heavy (non-hydrogen) atoms. The SMILES string of the molecule is COCc1c2nc3ccccc3c-2ccn1O. The van der Waals surface area contributed by atoms with Gasteiger partial charge in [-0.1, -0.05) is 18.2 Å². The maximum absolute atomic E-state index is 9.76. The summed E-state index contributed by atoms with van der Waals surface area (Å²) in [6.45, 7) is 0.331. The lowest BCUT2D eigenvalue weighted by Gasteiger charge is -2.10. The summed E-state index contributed by atoms with van der Waals surface area (Å²) in [7, 11) is 1.60. The summed E-state index contributed by atoms with van der Waals surface area (Å²) in [5, 5.41) is 10.9. The Labute approximate surface area is 98.4 Å². The second-order valence-corrected chi connectivity index (χ2v) is 3.93. The molecule has 3 rings (SSSR count). The zero-order valence-electron chi connectivity index (χ0n) is 9.42. The predicted molar refractivity (Wildman–Crippen MR) is 64.3 cm³/mol. The molecule has 0 aliphatic carbocycles. The van der Waals surface area contributed by atoms with Crippen molar-refractivity contribution >= 4 is 10.9 Å². The number of ether oxygens (including phenoxy) is 1. The molecular weight excluding hydrogens is 216 g/mol. The van der Waals surface area contributed by atoms with Crippen LogP contribution in [0, 0.1) is 0 Å². The van der Waals surface area contributed by atoms with E-state index in [0.717, 1.165) is 26.9 Å². The fraction of sp³-hybridized carbons (Fsp3) is 0.154. The van der Waals surface area contributed by atoms with Gasteiger partial charge >= 0.3 is 0 Å². The minimum Gasteiger partial charge on any atom is -0.429 e. The summed E-state index contributed by atoms with van der Waals surface area (Å²) in [6.07, 6.45) is 1.62. The van der Waals surface area contributed by atoms with E-state index in [4.69, 9.17) is 4.74 Å². The first-order valence-corrected chi connectivity index (χ1v) is 5.38. The Balaban J connectivity index is 2.36. The molecule has 2 aliphatic heterocycles. The Morgan fingerprint density at radius 3 is 2.94 bits per heavy atom. The van der Waals surface area contributed by atoms with Crippen molar-refractivity contribution < 1.29 is 9.94 Å². The fourth-order valence-electron chi connectivity index (χ4n) is 2.11. The van der Waals surface area contributed by atoms with Crippen LogP contribution in [0.3, 0.4) is 0 Å². The summed E-state index contributed by atoms with van der Waals surface area (Å²) in [5.41, 5.74) is 3.43. The molecule has 0 bridgehead atoms. The highest BCUT2D eigenvalue weighted by Crippen LogP contribution is 2.33. The highest BCUT2D eigenvalue weighted by Gasteiger charge is 2.17.